The van der Waals surface area contributed by atoms with E-state index in [0.29, 0.717) is 18.5 Å². The third-order valence-corrected chi connectivity index (χ3v) is 6.30. The Kier molecular flexibility index (Phi) is 8.45. The number of carbonyl (C=O) groups excluding carboxylic acids is 1. The predicted molar refractivity (Wildman–Crippen MR) is 115 cm³/mol. The van der Waals surface area contributed by atoms with Crippen LogP contribution < -0.4 is 0 Å². The van der Waals surface area contributed by atoms with Crippen LogP contribution in [0.4, 0.5) is 0 Å². The molecule has 3 heterocycles. The van der Waals surface area contributed by atoms with E-state index in [0.717, 1.165) is 52.1 Å². The van der Waals surface area contributed by atoms with Crippen LogP contribution in [0.1, 0.15) is 45.1 Å². The van der Waals surface area contributed by atoms with Crippen LogP contribution in [0.5, 0.6) is 0 Å². The summed E-state index contributed by atoms with van der Waals surface area (Å²) in [5.41, 5.74) is 1.33. The van der Waals surface area contributed by atoms with E-state index in [1.54, 1.807) is 0 Å². The van der Waals surface area contributed by atoms with E-state index in [1.807, 2.05) is 17.3 Å². The molecule has 0 aromatic carbocycles. The molecule has 29 heavy (non-hydrogen) atoms. The normalized spacial score (nSPS) is 22.1. The number of likely N-dealkylation sites (tertiary alicyclic amines) is 2. The van der Waals surface area contributed by atoms with Crippen LogP contribution >= 0.6 is 0 Å². The van der Waals surface area contributed by atoms with Gasteiger partial charge in [0, 0.05) is 44.6 Å². The lowest BCUT2D eigenvalue weighted by Gasteiger charge is -2.43. The average molecular weight is 403 g/mol. The summed E-state index contributed by atoms with van der Waals surface area (Å²) in [7, 11) is 0. The van der Waals surface area contributed by atoms with E-state index in [2.05, 4.69) is 40.8 Å². The Labute approximate surface area is 175 Å². The van der Waals surface area contributed by atoms with E-state index in [-0.39, 0.29) is 18.4 Å². The van der Waals surface area contributed by atoms with Gasteiger partial charge >= 0.3 is 0 Å². The lowest BCUT2D eigenvalue weighted by molar-refractivity contribution is -0.139. The van der Waals surface area contributed by atoms with Gasteiger partial charge in [-0.1, -0.05) is 13.8 Å². The first-order valence-corrected chi connectivity index (χ1v) is 11.3. The summed E-state index contributed by atoms with van der Waals surface area (Å²) in [6, 6.07) is 4.79. The number of amides is 1. The maximum atomic E-state index is 13.1. The highest BCUT2D eigenvalue weighted by molar-refractivity contribution is 5.79. The van der Waals surface area contributed by atoms with Crippen molar-refractivity contribution in [1.29, 1.82) is 0 Å². The maximum Gasteiger partial charge on any atom is 0.227 e. The fourth-order valence-corrected chi connectivity index (χ4v) is 4.84. The number of carbonyl (C=O) groups is 1. The van der Waals surface area contributed by atoms with Gasteiger partial charge in [-0.3, -0.25) is 19.6 Å². The zero-order chi connectivity index (χ0) is 20.6. The van der Waals surface area contributed by atoms with E-state index in [4.69, 9.17) is 0 Å². The highest BCUT2D eigenvalue weighted by Gasteiger charge is 2.33. The highest BCUT2D eigenvalue weighted by Crippen LogP contribution is 2.26. The van der Waals surface area contributed by atoms with Crippen LogP contribution in [0.15, 0.2) is 24.5 Å². The summed E-state index contributed by atoms with van der Waals surface area (Å²) >= 11 is 0. The molecular weight excluding hydrogens is 364 g/mol. The van der Waals surface area contributed by atoms with Crippen molar-refractivity contribution in [3.8, 4) is 0 Å². The minimum Gasteiger partial charge on any atom is -0.395 e. The van der Waals surface area contributed by atoms with Crippen molar-refractivity contribution in [2.75, 3.05) is 45.9 Å². The fraction of sp³-hybridized carbons (Fsp3) is 0.739. The quantitative estimate of drug-likeness (QED) is 0.723. The molecule has 6 nitrogen and oxygen atoms in total. The molecule has 0 unspecified atom stereocenters. The second kappa shape index (κ2) is 11.0. The molecule has 1 N–H and O–H groups in total. The molecule has 0 spiro atoms. The Morgan fingerprint density at radius 1 is 1.21 bits per heavy atom. The Morgan fingerprint density at radius 3 is 2.59 bits per heavy atom. The molecule has 2 saturated heterocycles. The number of hydrogen-bond donors (Lipinski definition) is 1. The minimum absolute atomic E-state index is 0.0465. The maximum absolute atomic E-state index is 13.1. The van der Waals surface area contributed by atoms with Crippen LogP contribution in [0.3, 0.4) is 0 Å². The van der Waals surface area contributed by atoms with Crippen molar-refractivity contribution < 1.29 is 9.90 Å². The number of aliphatic hydroxyl groups is 1. The molecule has 3 rings (SSSR count). The van der Waals surface area contributed by atoms with Crippen molar-refractivity contribution >= 4 is 5.91 Å². The number of aromatic nitrogens is 1. The smallest absolute Gasteiger partial charge is 0.227 e. The largest absolute Gasteiger partial charge is 0.395 e. The van der Waals surface area contributed by atoms with Crippen LogP contribution in [0.25, 0.3) is 0 Å². The lowest BCUT2D eigenvalue weighted by atomic mass is 9.92. The van der Waals surface area contributed by atoms with Gasteiger partial charge in [0.05, 0.1) is 12.5 Å². The molecule has 1 atom stereocenters. The number of rotatable bonds is 8. The van der Waals surface area contributed by atoms with E-state index >= 15 is 0 Å². The van der Waals surface area contributed by atoms with Gasteiger partial charge in [0.1, 0.15) is 0 Å². The van der Waals surface area contributed by atoms with Crippen molar-refractivity contribution in [1.82, 2.24) is 19.7 Å². The van der Waals surface area contributed by atoms with Gasteiger partial charge in [0.15, 0.2) is 0 Å². The highest BCUT2D eigenvalue weighted by atomic mass is 16.3. The van der Waals surface area contributed by atoms with Gasteiger partial charge in [-0.25, -0.2) is 0 Å². The second-order valence-electron chi connectivity index (χ2n) is 9.10. The molecule has 0 bridgehead atoms. The monoisotopic (exact) mass is 402 g/mol. The van der Waals surface area contributed by atoms with Crippen LogP contribution in [0, 0.1) is 11.8 Å². The van der Waals surface area contributed by atoms with E-state index in [1.165, 1.54) is 18.4 Å². The van der Waals surface area contributed by atoms with Gasteiger partial charge in [0.2, 0.25) is 5.91 Å². The van der Waals surface area contributed by atoms with Crippen LogP contribution in [0.2, 0.25) is 0 Å². The van der Waals surface area contributed by atoms with Gasteiger partial charge in [0.25, 0.3) is 0 Å². The van der Waals surface area contributed by atoms with E-state index in [9.17, 15) is 9.90 Å². The van der Waals surface area contributed by atoms with Crippen LogP contribution in [-0.4, -0.2) is 82.6 Å². The summed E-state index contributed by atoms with van der Waals surface area (Å²) in [5.74, 6) is 0.756. The molecular formula is C23H38N4O2. The first-order chi connectivity index (χ1) is 14.1. The Hall–Kier alpha value is -1.50. The molecule has 1 aromatic rings. The summed E-state index contributed by atoms with van der Waals surface area (Å²) in [6.45, 7) is 10.7. The first-order valence-electron chi connectivity index (χ1n) is 11.3. The summed E-state index contributed by atoms with van der Waals surface area (Å²) in [5, 5.41) is 9.37. The third-order valence-electron chi connectivity index (χ3n) is 6.30. The van der Waals surface area contributed by atoms with Crippen molar-refractivity contribution in [3.05, 3.63) is 30.1 Å². The molecule has 1 amide bonds. The van der Waals surface area contributed by atoms with E-state index < -0.39 is 0 Å². The molecule has 0 aliphatic carbocycles. The Balaban J connectivity index is 1.50. The third kappa shape index (κ3) is 6.49. The number of aliphatic hydroxyl groups excluding tert-OH is 1. The summed E-state index contributed by atoms with van der Waals surface area (Å²) < 4.78 is 0. The number of nitrogens with zero attached hydrogens (tertiary/aromatic N) is 4. The first kappa shape index (κ1) is 22.2. The van der Waals surface area contributed by atoms with Gasteiger partial charge in [-0.05, 0) is 68.9 Å². The number of pyridine rings is 1. The molecule has 6 heteroatoms. The van der Waals surface area contributed by atoms with Gasteiger partial charge < -0.3 is 10.0 Å². The Bertz CT molecular complexity index is 617. The second-order valence-corrected chi connectivity index (χ2v) is 9.10. The van der Waals surface area contributed by atoms with Gasteiger partial charge in [-0.15, -0.1) is 0 Å². The zero-order valence-electron chi connectivity index (χ0n) is 18.2. The average Bonchev–Trinajstić information content (AvgIpc) is 2.74. The standard InChI is InChI=1S/C23H38N4O2/c1-19(2)16-27(14-15-28)23(29)21-4-3-11-26(18-21)22-7-12-25(13-8-22)17-20-5-9-24-10-6-20/h5-6,9-10,19,21-22,28H,3-4,7-8,11-18H2,1-2H3/t21-/m1/s1. The zero-order valence-corrected chi connectivity index (χ0v) is 18.2. The lowest BCUT2D eigenvalue weighted by Crippen LogP contribution is -2.51. The molecule has 1 aromatic heterocycles. The molecule has 2 fully saturated rings. The summed E-state index contributed by atoms with van der Waals surface area (Å²) in [6.07, 6.45) is 8.17. The number of hydrogen-bond acceptors (Lipinski definition) is 5. The number of piperidine rings is 2. The topological polar surface area (TPSA) is 59.9 Å². The SMILES string of the molecule is CC(C)CN(CCO)C(=O)[C@@H]1CCCN(C2CCN(Cc3ccncc3)CC2)C1. The molecule has 162 valence electrons. The van der Waals surface area contributed by atoms with Crippen molar-refractivity contribution in [3.63, 3.8) is 0 Å². The van der Waals surface area contributed by atoms with Crippen molar-refractivity contribution in [2.24, 2.45) is 11.8 Å². The minimum atomic E-state index is 0.0465. The fourth-order valence-electron chi connectivity index (χ4n) is 4.84. The molecule has 0 saturated carbocycles. The van der Waals surface area contributed by atoms with Crippen molar-refractivity contribution in [2.45, 2.75) is 52.1 Å². The van der Waals surface area contributed by atoms with Crippen LogP contribution in [-0.2, 0) is 11.3 Å². The Morgan fingerprint density at radius 2 is 1.93 bits per heavy atom. The summed E-state index contributed by atoms with van der Waals surface area (Å²) in [4.78, 5) is 24.2. The molecule has 2 aliphatic rings. The van der Waals surface area contributed by atoms with Gasteiger partial charge in [-0.2, -0.15) is 0 Å². The molecule has 2 aliphatic heterocycles. The predicted octanol–water partition coefficient (Wildman–Crippen LogP) is 2.23. The molecule has 0 radical (unpaired) electrons.